The maximum absolute atomic E-state index is 12.2. The van der Waals surface area contributed by atoms with E-state index in [0.29, 0.717) is 6.42 Å². The quantitative estimate of drug-likeness (QED) is 0.126. The number of ether oxygens (including phenoxy) is 3. The average Bonchev–Trinajstić information content (AvgIpc) is 3.25. The van der Waals surface area contributed by atoms with Crippen molar-refractivity contribution in [3.05, 3.63) is 35.5 Å². The van der Waals surface area contributed by atoms with Gasteiger partial charge in [0.15, 0.2) is 5.79 Å². The molecule has 180 valence electrons. The van der Waals surface area contributed by atoms with Crippen LogP contribution in [0, 0.1) is 16.2 Å². The fraction of sp³-hybridized carbons (Fsp3) is 0.741. The topological polar surface area (TPSA) is 44.8 Å². The molecule has 2 aliphatic heterocycles. The summed E-state index contributed by atoms with van der Waals surface area (Å²) in [6.45, 7) is 10.7. The van der Waals surface area contributed by atoms with Gasteiger partial charge in [-0.25, -0.2) is 0 Å². The van der Waals surface area contributed by atoms with Crippen LogP contribution in [0.4, 0.5) is 0 Å². The van der Waals surface area contributed by atoms with Crippen LogP contribution in [-0.4, -0.2) is 37.4 Å². The highest BCUT2D eigenvalue weighted by Crippen LogP contribution is 2.75. The Morgan fingerprint density at radius 2 is 1.67 bits per heavy atom. The van der Waals surface area contributed by atoms with E-state index in [1.54, 1.807) is 0 Å². The number of rotatable bonds is 0. The van der Waals surface area contributed by atoms with Crippen LogP contribution in [0.2, 0.25) is 0 Å². The Labute approximate surface area is 224 Å². The third kappa shape index (κ3) is 2.84. The molecule has 0 bridgehead atoms. The summed E-state index contributed by atoms with van der Waals surface area (Å²) in [4.78, 5) is 12.2. The van der Waals surface area contributed by atoms with Crippen molar-refractivity contribution in [3.63, 3.8) is 0 Å². The summed E-state index contributed by atoms with van der Waals surface area (Å²) in [5.74, 6) is -0.597. The van der Waals surface area contributed by atoms with Gasteiger partial charge in [-0.2, -0.15) is 0 Å². The van der Waals surface area contributed by atoms with E-state index in [-0.39, 0.29) is 34.7 Å². The highest BCUT2D eigenvalue weighted by Gasteiger charge is 2.75. The molecule has 0 aromatic rings. The first-order chi connectivity index (χ1) is 15.3. The van der Waals surface area contributed by atoms with Gasteiger partial charge in [-0.1, -0.05) is 91.1 Å². The first-order valence-electron chi connectivity index (χ1n) is 12.3. The minimum atomic E-state index is -0.582. The van der Waals surface area contributed by atoms with Crippen molar-refractivity contribution in [2.45, 2.75) is 90.9 Å². The smallest absolute Gasteiger partial charge is 0.306 e. The van der Waals surface area contributed by atoms with E-state index in [2.05, 4.69) is 97.2 Å². The zero-order chi connectivity index (χ0) is 23.5. The number of hydrogen-bond donors (Lipinski definition) is 0. The van der Waals surface area contributed by atoms with Gasteiger partial charge in [-0.3, -0.25) is 4.79 Å². The number of hydrogen-bond acceptors (Lipinski definition) is 4. The third-order valence-corrected chi connectivity index (χ3v) is 15.4. The van der Waals surface area contributed by atoms with Gasteiger partial charge in [0.05, 0.1) is 20.1 Å². The van der Waals surface area contributed by atoms with Crippen molar-refractivity contribution < 1.29 is 19.0 Å². The summed E-state index contributed by atoms with van der Waals surface area (Å²) >= 11 is 5.51. The molecule has 6 heteroatoms. The Hall–Kier alpha value is 0.0700. The zero-order valence-electron chi connectivity index (χ0n) is 20.1. The fourth-order valence-corrected chi connectivity index (χ4v) is 10.9. The third-order valence-electron chi connectivity index (χ3n) is 9.97. The van der Waals surface area contributed by atoms with Gasteiger partial charge in [0.1, 0.15) is 5.60 Å². The predicted molar refractivity (Wildman–Crippen MR) is 145 cm³/mol. The molecular weight excluding hydrogens is 642 g/mol. The van der Waals surface area contributed by atoms with Crippen molar-refractivity contribution in [1.29, 1.82) is 0 Å². The van der Waals surface area contributed by atoms with Crippen molar-refractivity contribution in [3.8, 4) is 0 Å². The maximum atomic E-state index is 12.2. The second kappa shape index (κ2) is 6.88. The van der Waals surface area contributed by atoms with E-state index in [1.165, 1.54) is 11.1 Å². The van der Waals surface area contributed by atoms with E-state index in [0.717, 1.165) is 51.7 Å². The second-order valence-electron chi connectivity index (χ2n) is 12.5. The van der Waals surface area contributed by atoms with E-state index >= 15 is 0 Å². The molecule has 1 saturated carbocycles. The molecule has 0 amide bonds. The van der Waals surface area contributed by atoms with Crippen LogP contribution in [-0.2, 0) is 19.0 Å². The molecular formula is C27H34I2O4. The fourth-order valence-electron chi connectivity index (χ4n) is 7.63. The Bertz CT molecular complexity index is 1020. The SMILES string of the molecule is CC1(C)COC2(C=C3C=C[C@]4(I)C(=CC[C@]5(C)[C@]6(CCC(=O)O6)CC[C@]54I)[C@@]3(C)CC2)OC1. The molecule has 0 radical (unpaired) electrons. The zero-order valence-corrected chi connectivity index (χ0v) is 24.4. The van der Waals surface area contributed by atoms with Crippen LogP contribution in [0.25, 0.3) is 0 Å². The molecule has 0 aromatic carbocycles. The Kier molecular flexibility index (Phi) is 4.89. The van der Waals surface area contributed by atoms with Crippen LogP contribution >= 0.6 is 45.2 Å². The Balaban J connectivity index is 1.42. The normalized spacial score (nSPS) is 49.2. The van der Waals surface area contributed by atoms with Crippen molar-refractivity contribution in [2.75, 3.05) is 13.2 Å². The summed E-state index contributed by atoms with van der Waals surface area (Å²) in [5.41, 5.74) is 2.51. The maximum Gasteiger partial charge on any atom is 0.306 e. The lowest BCUT2D eigenvalue weighted by Crippen LogP contribution is -2.63. The lowest BCUT2D eigenvalue weighted by atomic mass is 9.52. The molecule has 2 heterocycles. The van der Waals surface area contributed by atoms with Gasteiger partial charge >= 0.3 is 5.97 Å². The van der Waals surface area contributed by atoms with Crippen LogP contribution < -0.4 is 0 Å². The summed E-state index contributed by atoms with van der Waals surface area (Å²) in [5, 5.41) is 0. The van der Waals surface area contributed by atoms with Gasteiger partial charge in [0.25, 0.3) is 0 Å². The van der Waals surface area contributed by atoms with Crippen molar-refractivity contribution in [2.24, 2.45) is 16.2 Å². The Morgan fingerprint density at radius 1 is 0.939 bits per heavy atom. The van der Waals surface area contributed by atoms with Crippen LogP contribution in [0.15, 0.2) is 35.5 Å². The van der Waals surface area contributed by atoms with Gasteiger partial charge in [0, 0.05) is 29.1 Å². The number of carbonyl (C=O) groups excluding carboxylic acids is 1. The second-order valence-corrected chi connectivity index (χ2v) is 16.0. The monoisotopic (exact) mass is 676 g/mol. The first kappa shape index (κ1) is 23.5. The van der Waals surface area contributed by atoms with E-state index in [1.807, 2.05) is 0 Å². The molecule has 33 heavy (non-hydrogen) atoms. The molecule has 6 rings (SSSR count). The summed E-state index contributed by atoms with van der Waals surface area (Å²) in [6, 6.07) is 0. The van der Waals surface area contributed by atoms with Gasteiger partial charge in [-0.05, 0) is 49.3 Å². The lowest BCUT2D eigenvalue weighted by Gasteiger charge is -2.61. The standard InChI is InChI=1S/C27H34I2O4/c1-21(2)16-31-25(32-17-21)13-11-22(3)18(15-25)5-10-26(28)19(22)6-8-23(4)24(9-7-20(30)33-24)12-14-27(23,26)29/h5-6,10,15H,7-9,11-14,16-17H2,1-4H3/t22-,23+,24-,26-,27-/m0/s1. The van der Waals surface area contributed by atoms with Crippen LogP contribution in [0.1, 0.15) is 72.6 Å². The first-order valence-corrected chi connectivity index (χ1v) is 14.5. The average molecular weight is 676 g/mol. The largest absolute Gasteiger partial charge is 0.458 e. The van der Waals surface area contributed by atoms with E-state index in [9.17, 15) is 4.79 Å². The Morgan fingerprint density at radius 3 is 2.33 bits per heavy atom. The number of fused-ring (bicyclic) bond motifs is 6. The molecule has 0 aromatic heterocycles. The highest BCUT2D eigenvalue weighted by atomic mass is 127. The molecule has 6 aliphatic rings. The number of esters is 1. The van der Waals surface area contributed by atoms with E-state index < -0.39 is 5.79 Å². The summed E-state index contributed by atoms with van der Waals surface area (Å²) < 4.78 is 18.7. The van der Waals surface area contributed by atoms with Crippen LogP contribution in [0.5, 0.6) is 0 Å². The van der Waals surface area contributed by atoms with Gasteiger partial charge < -0.3 is 14.2 Å². The van der Waals surface area contributed by atoms with Crippen molar-refractivity contribution in [1.82, 2.24) is 0 Å². The van der Waals surface area contributed by atoms with E-state index in [4.69, 9.17) is 14.2 Å². The molecule has 4 aliphatic carbocycles. The van der Waals surface area contributed by atoms with Gasteiger partial charge in [-0.15, -0.1) is 0 Å². The van der Waals surface area contributed by atoms with Gasteiger partial charge in [0.2, 0.25) is 0 Å². The highest BCUT2D eigenvalue weighted by molar-refractivity contribution is 14.1. The number of allylic oxidation sites excluding steroid dienone is 5. The molecule has 2 spiro atoms. The summed E-state index contributed by atoms with van der Waals surface area (Å²) in [6.07, 6.45) is 15.9. The molecule has 5 atom stereocenters. The molecule has 3 fully saturated rings. The summed E-state index contributed by atoms with van der Waals surface area (Å²) in [7, 11) is 0. The minimum absolute atomic E-state index is 0.00490. The minimum Gasteiger partial charge on any atom is -0.458 e. The van der Waals surface area contributed by atoms with Crippen LogP contribution in [0.3, 0.4) is 0 Å². The number of carbonyl (C=O) groups is 1. The predicted octanol–water partition coefficient (Wildman–Crippen LogP) is 6.61. The number of alkyl halides is 2. The molecule has 0 unspecified atom stereocenters. The van der Waals surface area contributed by atoms with Crippen molar-refractivity contribution >= 4 is 51.2 Å². The lowest BCUT2D eigenvalue weighted by molar-refractivity contribution is -0.279. The molecule has 4 nitrogen and oxygen atoms in total. The molecule has 2 saturated heterocycles. The number of halogens is 2. The molecule has 0 N–H and O–H groups in total.